The summed E-state index contributed by atoms with van der Waals surface area (Å²) in [5.41, 5.74) is 0.0126. The second kappa shape index (κ2) is 5.35. The standard InChI is InChI=1S/C16H20FNO2/c1-10(2)14-15(20)18-13(19)9-16(14,3)8-11-6-4-5-7-12(11)17/h4-7,10,14H,8-9H2,1-3H3,(H,18,19,20). The molecule has 2 amide bonds. The fourth-order valence-corrected chi connectivity index (χ4v) is 3.41. The lowest BCUT2D eigenvalue weighted by Gasteiger charge is -2.42. The predicted octanol–water partition coefficient (Wildman–Crippen LogP) is 2.69. The molecule has 1 heterocycles. The first kappa shape index (κ1) is 14.7. The number of benzene rings is 1. The molecule has 1 fully saturated rings. The topological polar surface area (TPSA) is 46.2 Å². The van der Waals surface area contributed by atoms with Gasteiger partial charge in [-0.2, -0.15) is 0 Å². The van der Waals surface area contributed by atoms with Gasteiger partial charge in [0, 0.05) is 12.3 Å². The van der Waals surface area contributed by atoms with E-state index in [4.69, 9.17) is 0 Å². The van der Waals surface area contributed by atoms with Gasteiger partial charge in [-0.05, 0) is 29.4 Å². The van der Waals surface area contributed by atoms with Crippen LogP contribution in [0.2, 0.25) is 0 Å². The monoisotopic (exact) mass is 277 g/mol. The van der Waals surface area contributed by atoms with E-state index in [-0.39, 0.29) is 35.9 Å². The molecule has 2 atom stereocenters. The summed E-state index contributed by atoms with van der Waals surface area (Å²) in [6.45, 7) is 5.82. The van der Waals surface area contributed by atoms with Gasteiger partial charge in [0.05, 0.1) is 0 Å². The summed E-state index contributed by atoms with van der Waals surface area (Å²) < 4.78 is 13.9. The minimum Gasteiger partial charge on any atom is -0.296 e. The van der Waals surface area contributed by atoms with E-state index in [0.29, 0.717) is 12.0 Å². The van der Waals surface area contributed by atoms with Crippen molar-refractivity contribution in [2.24, 2.45) is 17.3 Å². The number of rotatable bonds is 3. The zero-order valence-electron chi connectivity index (χ0n) is 12.1. The summed E-state index contributed by atoms with van der Waals surface area (Å²) in [5.74, 6) is -0.991. The maximum Gasteiger partial charge on any atom is 0.230 e. The summed E-state index contributed by atoms with van der Waals surface area (Å²) in [7, 11) is 0. The molecule has 0 aromatic heterocycles. The molecule has 0 bridgehead atoms. The van der Waals surface area contributed by atoms with Crippen molar-refractivity contribution in [1.29, 1.82) is 0 Å². The molecule has 4 heteroatoms. The highest BCUT2D eigenvalue weighted by Crippen LogP contribution is 2.42. The lowest BCUT2D eigenvalue weighted by Crippen LogP contribution is -2.53. The molecule has 0 aliphatic carbocycles. The van der Waals surface area contributed by atoms with Crippen molar-refractivity contribution in [2.45, 2.75) is 33.6 Å². The average Bonchev–Trinajstić information content (AvgIpc) is 2.29. The van der Waals surface area contributed by atoms with E-state index >= 15 is 0 Å². The van der Waals surface area contributed by atoms with Gasteiger partial charge in [0.2, 0.25) is 11.8 Å². The van der Waals surface area contributed by atoms with E-state index < -0.39 is 5.41 Å². The third-order valence-electron chi connectivity index (χ3n) is 4.08. The molecule has 108 valence electrons. The maximum absolute atomic E-state index is 13.9. The zero-order chi connectivity index (χ0) is 14.9. The van der Waals surface area contributed by atoms with Gasteiger partial charge in [-0.1, -0.05) is 39.0 Å². The van der Waals surface area contributed by atoms with Crippen LogP contribution >= 0.6 is 0 Å². The third kappa shape index (κ3) is 2.74. The number of hydrogen-bond donors (Lipinski definition) is 1. The first-order valence-corrected chi connectivity index (χ1v) is 6.90. The van der Waals surface area contributed by atoms with Gasteiger partial charge in [-0.3, -0.25) is 14.9 Å². The van der Waals surface area contributed by atoms with Crippen LogP contribution in [0.3, 0.4) is 0 Å². The molecule has 20 heavy (non-hydrogen) atoms. The molecule has 1 saturated heterocycles. The van der Waals surface area contributed by atoms with Gasteiger partial charge in [-0.15, -0.1) is 0 Å². The van der Waals surface area contributed by atoms with Crippen molar-refractivity contribution in [3.63, 3.8) is 0 Å². The molecule has 1 aliphatic heterocycles. The highest BCUT2D eigenvalue weighted by molar-refractivity contribution is 5.99. The summed E-state index contributed by atoms with van der Waals surface area (Å²) in [6, 6.07) is 6.54. The van der Waals surface area contributed by atoms with Crippen LogP contribution in [0.25, 0.3) is 0 Å². The molecular formula is C16H20FNO2. The van der Waals surface area contributed by atoms with Crippen LogP contribution in [0.15, 0.2) is 24.3 Å². The fraction of sp³-hybridized carbons (Fsp3) is 0.500. The Morgan fingerprint density at radius 2 is 2.00 bits per heavy atom. The Balaban J connectivity index is 2.36. The lowest BCUT2D eigenvalue weighted by atomic mass is 9.64. The van der Waals surface area contributed by atoms with E-state index in [1.165, 1.54) is 6.07 Å². The van der Waals surface area contributed by atoms with Crippen molar-refractivity contribution in [1.82, 2.24) is 5.32 Å². The Morgan fingerprint density at radius 3 is 2.60 bits per heavy atom. The average molecular weight is 277 g/mol. The van der Waals surface area contributed by atoms with Crippen LogP contribution in [0.4, 0.5) is 4.39 Å². The molecule has 0 radical (unpaired) electrons. The Kier molecular flexibility index (Phi) is 3.93. The molecule has 1 aromatic carbocycles. The minimum absolute atomic E-state index is 0.0971. The first-order valence-electron chi connectivity index (χ1n) is 6.90. The van der Waals surface area contributed by atoms with Crippen LogP contribution in [-0.4, -0.2) is 11.8 Å². The third-order valence-corrected chi connectivity index (χ3v) is 4.08. The van der Waals surface area contributed by atoms with Crippen LogP contribution < -0.4 is 5.32 Å². The molecule has 0 spiro atoms. The molecule has 2 unspecified atom stereocenters. The number of piperidine rings is 1. The molecule has 3 nitrogen and oxygen atoms in total. The summed E-state index contributed by atoms with van der Waals surface area (Å²) >= 11 is 0. The van der Waals surface area contributed by atoms with Crippen molar-refractivity contribution in [2.75, 3.05) is 0 Å². The quantitative estimate of drug-likeness (QED) is 0.863. The fourth-order valence-electron chi connectivity index (χ4n) is 3.41. The molecule has 1 aliphatic rings. The summed E-state index contributed by atoms with van der Waals surface area (Å²) in [6.07, 6.45) is 0.637. The Bertz CT molecular complexity index is 541. The van der Waals surface area contributed by atoms with Gasteiger partial charge < -0.3 is 0 Å². The van der Waals surface area contributed by atoms with Crippen molar-refractivity contribution in [3.05, 3.63) is 35.6 Å². The van der Waals surface area contributed by atoms with Crippen molar-refractivity contribution >= 4 is 11.8 Å². The SMILES string of the molecule is CC(C)C1C(=O)NC(=O)CC1(C)Cc1ccccc1F. The normalized spacial score (nSPS) is 26.8. The maximum atomic E-state index is 13.9. The number of carbonyl (C=O) groups is 2. The molecule has 0 saturated carbocycles. The smallest absolute Gasteiger partial charge is 0.230 e. The lowest BCUT2D eigenvalue weighted by molar-refractivity contribution is -0.145. The second-order valence-corrected chi connectivity index (χ2v) is 6.23. The van der Waals surface area contributed by atoms with Crippen LogP contribution in [0, 0.1) is 23.1 Å². The number of carbonyl (C=O) groups excluding carboxylic acids is 2. The van der Waals surface area contributed by atoms with E-state index in [2.05, 4.69) is 5.32 Å². The summed E-state index contributed by atoms with van der Waals surface area (Å²) in [4.78, 5) is 23.8. The van der Waals surface area contributed by atoms with Gasteiger partial charge in [0.1, 0.15) is 5.82 Å². The zero-order valence-corrected chi connectivity index (χ0v) is 12.1. The number of imide groups is 1. The van der Waals surface area contributed by atoms with Gasteiger partial charge >= 0.3 is 0 Å². The highest BCUT2D eigenvalue weighted by Gasteiger charge is 2.46. The molecule has 2 rings (SSSR count). The van der Waals surface area contributed by atoms with E-state index in [0.717, 1.165) is 0 Å². The number of amides is 2. The summed E-state index contributed by atoms with van der Waals surface area (Å²) in [5, 5.41) is 2.39. The molecule has 1 aromatic rings. The highest BCUT2D eigenvalue weighted by atomic mass is 19.1. The van der Waals surface area contributed by atoms with Crippen molar-refractivity contribution in [3.8, 4) is 0 Å². The van der Waals surface area contributed by atoms with Crippen LogP contribution in [0.5, 0.6) is 0 Å². The molecular weight excluding hydrogens is 257 g/mol. The van der Waals surface area contributed by atoms with Gasteiger partial charge in [0.15, 0.2) is 0 Å². The first-order chi connectivity index (χ1) is 9.33. The van der Waals surface area contributed by atoms with Gasteiger partial charge in [0.25, 0.3) is 0 Å². The Morgan fingerprint density at radius 1 is 1.35 bits per heavy atom. The predicted molar refractivity (Wildman–Crippen MR) is 74.3 cm³/mol. The van der Waals surface area contributed by atoms with E-state index in [1.807, 2.05) is 20.8 Å². The van der Waals surface area contributed by atoms with Crippen molar-refractivity contribution < 1.29 is 14.0 Å². The van der Waals surface area contributed by atoms with Gasteiger partial charge in [-0.25, -0.2) is 4.39 Å². The largest absolute Gasteiger partial charge is 0.296 e. The second-order valence-electron chi connectivity index (χ2n) is 6.23. The van der Waals surface area contributed by atoms with E-state index in [9.17, 15) is 14.0 Å². The number of hydrogen-bond acceptors (Lipinski definition) is 2. The number of halogens is 1. The minimum atomic E-state index is -0.546. The Hall–Kier alpha value is -1.71. The number of nitrogens with one attached hydrogen (secondary N) is 1. The van der Waals surface area contributed by atoms with Crippen LogP contribution in [0.1, 0.15) is 32.8 Å². The van der Waals surface area contributed by atoms with Crippen LogP contribution in [-0.2, 0) is 16.0 Å². The van der Waals surface area contributed by atoms with E-state index in [1.54, 1.807) is 18.2 Å². The Labute approximate surface area is 118 Å². The molecule has 1 N–H and O–H groups in total.